The van der Waals surface area contributed by atoms with Gasteiger partial charge in [0.2, 0.25) is 0 Å². The largest absolute Gasteiger partial charge is 0.482 e. The van der Waals surface area contributed by atoms with Crippen LogP contribution in [-0.2, 0) is 4.79 Å². The molecule has 1 amide bonds. The first kappa shape index (κ1) is 18.7. The van der Waals surface area contributed by atoms with Crippen LogP contribution >= 0.6 is 23.2 Å². The molecule has 0 atom stereocenters. The van der Waals surface area contributed by atoms with Crippen LogP contribution in [-0.4, -0.2) is 28.8 Å². The number of hydrogen-bond donors (Lipinski definition) is 2. The third-order valence-electron chi connectivity index (χ3n) is 4.14. The highest BCUT2D eigenvalue weighted by molar-refractivity contribution is 6.35. The van der Waals surface area contributed by atoms with Crippen molar-refractivity contribution in [2.45, 2.75) is 38.1 Å². The molecule has 0 spiro atoms. The molecule has 0 saturated heterocycles. The summed E-state index contributed by atoms with van der Waals surface area (Å²) < 4.78 is 5.39. The maximum absolute atomic E-state index is 12.0. The van der Waals surface area contributed by atoms with E-state index in [2.05, 4.69) is 20.8 Å². The Morgan fingerprint density at radius 3 is 2.50 bits per heavy atom. The molecular weight excluding hydrogens is 375 g/mol. The van der Waals surface area contributed by atoms with Gasteiger partial charge in [-0.2, -0.15) is 0 Å². The Hall–Kier alpha value is -2.05. The zero-order valence-electron chi connectivity index (χ0n) is 14.2. The normalized spacial score (nSPS) is 14.7. The maximum Gasteiger partial charge on any atom is 0.263 e. The van der Waals surface area contributed by atoms with E-state index in [0.29, 0.717) is 27.7 Å². The summed E-state index contributed by atoms with van der Waals surface area (Å²) in [5, 5.41) is 15.0. The van der Waals surface area contributed by atoms with Gasteiger partial charge in [0.05, 0.1) is 5.02 Å². The summed E-state index contributed by atoms with van der Waals surface area (Å²) in [4.78, 5) is 12.0. The number of aromatic nitrogens is 2. The molecule has 26 heavy (non-hydrogen) atoms. The van der Waals surface area contributed by atoms with E-state index in [1.165, 1.54) is 19.3 Å². The molecular formula is C18H20Cl2N4O2. The van der Waals surface area contributed by atoms with Crippen LogP contribution in [0, 0.1) is 0 Å². The van der Waals surface area contributed by atoms with E-state index in [0.717, 1.165) is 18.7 Å². The molecule has 0 bridgehead atoms. The SMILES string of the molecule is O=C(COc1ccc(Cl)cc1Cl)Nc1ccc(NC2CCCCC2)nn1. The number of carbonyl (C=O) groups excluding carboxylic acids is 1. The lowest BCUT2D eigenvalue weighted by molar-refractivity contribution is -0.118. The minimum absolute atomic E-state index is 0.189. The standard InChI is InChI=1S/C18H20Cl2N4O2/c19-12-6-7-15(14(20)10-12)26-11-18(25)22-17-9-8-16(23-24-17)21-13-4-2-1-3-5-13/h6-10,13H,1-5,11H2,(H,21,23)(H,22,24,25). The van der Waals surface area contributed by atoms with E-state index in [1.54, 1.807) is 24.3 Å². The molecule has 8 heteroatoms. The van der Waals surface area contributed by atoms with Gasteiger partial charge in [-0.25, -0.2) is 0 Å². The first-order valence-electron chi connectivity index (χ1n) is 8.58. The average Bonchev–Trinajstić information content (AvgIpc) is 2.63. The lowest BCUT2D eigenvalue weighted by Crippen LogP contribution is -2.23. The van der Waals surface area contributed by atoms with Gasteiger partial charge in [-0.15, -0.1) is 10.2 Å². The number of nitrogens with one attached hydrogen (secondary N) is 2. The molecule has 6 nitrogen and oxygen atoms in total. The fraction of sp³-hybridized carbons (Fsp3) is 0.389. The molecule has 1 heterocycles. The molecule has 3 rings (SSSR count). The summed E-state index contributed by atoms with van der Waals surface area (Å²) in [6.45, 7) is -0.189. The average molecular weight is 395 g/mol. The first-order valence-corrected chi connectivity index (χ1v) is 9.34. The molecule has 1 fully saturated rings. The second-order valence-electron chi connectivity index (χ2n) is 6.19. The van der Waals surface area contributed by atoms with Gasteiger partial charge in [0.15, 0.2) is 12.4 Å². The Morgan fingerprint density at radius 2 is 1.81 bits per heavy atom. The number of carbonyl (C=O) groups is 1. The second kappa shape index (κ2) is 9.05. The molecule has 0 aliphatic heterocycles. The molecule has 0 unspecified atom stereocenters. The van der Waals surface area contributed by atoms with Crippen LogP contribution in [0.2, 0.25) is 10.0 Å². The molecule has 138 valence electrons. The van der Waals surface area contributed by atoms with Crippen LogP contribution in [0.1, 0.15) is 32.1 Å². The first-order chi connectivity index (χ1) is 12.6. The minimum atomic E-state index is -0.349. The highest BCUT2D eigenvalue weighted by Crippen LogP contribution is 2.27. The van der Waals surface area contributed by atoms with E-state index < -0.39 is 0 Å². The van der Waals surface area contributed by atoms with Crippen molar-refractivity contribution in [3.8, 4) is 5.75 Å². The smallest absolute Gasteiger partial charge is 0.263 e. The van der Waals surface area contributed by atoms with Gasteiger partial charge in [0.25, 0.3) is 5.91 Å². The highest BCUT2D eigenvalue weighted by atomic mass is 35.5. The number of halogens is 2. The summed E-state index contributed by atoms with van der Waals surface area (Å²) in [5.41, 5.74) is 0. The van der Waals surface area contributed by atoms with Crippen molar-refractivity contribution in [1.29, 1.82) is 0 Å². The quantitative estimate of drug-likeness (QED) is 0.751. The molecule has 1 saturated carbocycles. The Kier molecular flexibility index (Phi) is 6.52. The van der Waals surface area contributed by atoms with Crippen LogP contribution < -0.4 is 15.4 Å². The van der Waals surface area contributed by atoms with Crippen LogP contribution in [0.25, 0.3) is 0 Å². The van der Waals surface area contributed by atoms with Gasteiger partial charge >= 0.3 is 0 Å². The zero-order valence-corrected chi connectivity index (χ0v) is 15.7. The Labute approximate surface area is 162 Å². The Morgan fingerprint density at radius 1 is 1.08 bits per heavy atom. The van der Waals surface area contributed by atoms with Gasteiger partial charge in [0.1, 0.15) is 11.6 Å². The summed E-state index contributed by atoms with van der Waals surface area (Å²) >= 11 is 11.8. The van der Waals surface area contributed by atoms with E-state index in [-0.39, 0.29) is 12.5 Å². The van der Waals surface area contributed by atoms with Gasteiger partial charge in [-0.1, -0.05) is 42.5 Å². The van der Waals surface area contributed by atoms with Gasteiger partial charge in [-0.05, 0) is 43.2 Å². The van der Waals surface area contributed by atoms with E-state index >= 15 is 0 Å². The van der Waals surface area contributed by atoms with Crippen LogP contribution in [0.5, 0.6) is 5.75 Å². The highest BCUT2D eigenvalue weighted by Gasteiger charge is 2.14. The van der Waals surface area contributed by atoms with E-state index in [4.69, 9.17) is 27.9 Å². The molecule has 1 aliphatic carbocycles. The summed E-state index contributed by atoms with van der Waals surface area (Å²) in [7, 11) is 0. The van der Waals surface area contributed by atoms with Crippen molar-refractivity contribution in [1.82, 2.24) is 10.2 Å². The lowest BCUT2D eigenvalue weighted by atomic mass is 9.95. The Balaban J connectivity index is 1.47. The molecule has 1 aliphatic rings. The van der Waals surface area contributed by atoms with Gasteiger partial charge in [0, 0.05) is 11.1 Å². The number of rotatable bonds is 6. The fourth-order valence-electron chi connectivity index (χ4n) is 2.85. The molecule has 2 aromatic rings. The lowest BCUT2D eigenvalue weighted by Gasteiger charge is -2.22. The van der Waals surface area contributed by atoms with Crippen molar-refractivity contribution in [3.05, 3.63) is 40.4 Å². The predicted molar refractivity (Wildman–Crippen MR) is 103 cm³/mol. The van der Waals surface area contributed by atoms with Crippen LogP contribution in [0.4, 0.5) is 11.6 Å². The summed E-state index contributed by atoms with van der Waals surface area (Å²) in [6.07, 6.45) is 6.11. The number of amides is 1. The van der Waals surface area contributed by atoms with Crippen molar-refractivity contribution in [2.24, 2.45) is 0 Å². The second-order valence-corrected chi connectivity index (χ2v) is 7.04. The Bertz CT molecular complexity index is 749. The molecule has 0 radical (unpaired) electrons. The van der Waals surface area contributed by atoms with E-state index in [9.17, 15) is 4.79 Å². The van der Waals surface area contributed by atoms with Crippen molar-refractivity contribution >= 4 is 40.7 Å². The third kappa shape index (κ3) is 5.47. The summed E-state index contributed by atoms with van der Waals surface area (Å²) in [5.74, 6) is 1.14. The minimum Gasteiger partial charge on any atom is -0.482 e. The molecule has 1 aromatic carbocycles. The molecule has 1 aromatic heterocycles. The number of ether oxygens (including phenoxy) is 1. The zero-order chi connectivity index (χ0) is 18.4. The number of nitrogens with zero attached hydrogens (tertiary/aromatic N) is 2. The third-order valence-corrected chi connectivity index (χ3v) is 4.67. The summed E-state index contributed by atoms with van der Waals surface area (Å²) in [6, 6.07) is 8.79. The molecule has 2 N–H and O–H groups in total. The van der Waals surface area contributed by atoms with Gasteiger partial charge in [-0.3, -0.25) is 4.79 Å². The monoisotopic (exact) mass is 394 g/mol. The van der Waals surface area contributed by atoms with Crippen LogP contribution in [0.15, 0.2) is 30.3 Å². The number of benzene rings is 1. The van der Waals surface area contributed by atoms with Crippen molar-refractivity contribution in [2.75, 3.05) is 17.2 Å². The predicted octanol–water partition coefficient (Wildman–Crippen LogP) is 4.55. The van der Waals surface area contributed by atoms with Crippen molar-refractivity contribution in [3.63, 3.8) is 0 Å². The van der Waals surface area contributed by atoms with Gasteiger partial charge < -0.3 is 15.4 Å². The number of anilines is 2. The van der Waals surface area contributed by atoms with E-state index in [1.807, 2.05) is 6.07 Å². The van der Waals surface area contributed by atoms with Crippen LogP contribution in [0.3, 0.4) is 0 Å². The topological polar surface area (TPSA) is 76.1 Å². The number of hydrogen-bond acceptors (Lipinski definition) is 5. The maximum atomic E-state index is 12.0. The van der Waals surface area contributed by atoms with Crippen molar-refractivity contribution < 1.29 is 9.53 Å². The fourth-order valence-corrected chi connectivity index (χ4v) is 3.31.